The average Bonchev–Trinajstić information content (AvgIpc) is 1.87. The summed E-state index contributed by atoms with van der Waals surface area (Å²) in [7, 11) is 2.92. The van der Waals surface area contributed by atoms with Gasteiger partial charge in [-0.05, 0) is 6.92 Å². The zero-order chi connectivity index (χ0) is 7.28. The number of esters is 1. The van der Waals surface area contributed by atoms with Crippen LogP contribution in [0.5, 0.6) is 0 Å². The van der Waals surface area contributed by atoms with Gasteiger partial charge in [-0.2, -0.15) is 0 Å². The molecular formula is C6H12O3. The molecule has 0 aliphatic heterocycles. The molecule has 9 heavy (non-hydrogen) atoms. The molecule has 0 aromatic rings. The average molecular weight is 132 g/mol. The molecule has 0 aliphatic carbocycles. The molecule has 0 spiro atoms. The summed E-state index contributed by atoms with van der Waals surface area (Å²) in [4.78, 5) is 10.6. The van der Waals surface area contributed by atoms with E-state index in [1.807, 2.05) is 0 Å². The lowest BCUT2D eigenvalue weighted by Crippen LogP contribution is -2.17. The van der Waals surface area contributed by atoms with Gasteiger partial charge in [-0.15, -0.1) is 0 Å². The lowest BCUT2D eigenvalue weighted by molar-refractivity contribution is -0.146. The Hall–Kier alpha value is -0.570. The van der Waals surface area contributed by atoms with Crippen LogP contribution in [0.25, 0.3) is 0 Å². The third-order valence-corrected chi connectivity index (χ3v) is 1.02. The number of rotatable bonds is 3. The first kappa shape index (κ1) is 8.43. The van der Waals surface area contributed by atoms with Crippen molar-refractivity contribution < 1.29 is 14.3 Å². The van der Waals surface area contributed by atoms with Gasteiger partial charge in [0.2, 0.25) is 0 Å². The maximum Gasteiger partial charge on any atom is 0.310 e. The summed E-state index contributed by atoms with van der Waals surface area (Å²) in [6.45, 7) is 2.18. The molecule has 54 valence electrons. The quantitative estimate of drug-likeness (QED) is 0.523. The molecule has 0 aromatic heterocycles. The van der Waals surface area contributed by atoms with Crippen LogP contribution in [0.3, 0.4) is 0 Å². The molecule has 3 nitrogen and oxygen atoms in total. The molecule has 0 amide bonds. The maximum atomic E-state index is 10.6. The van der Waals surface area contributed by atoms with Gasteiger partial charge in [0.25, 0.3) is 0 Å². The Balaban J connectivity index is 3.45. The van der Waals surface area contributed by atoms with Crippen LogP contribution in [0.2, 0.25) is 0 Å². The number of carbonyl (C=O) groups excluding carboxylic acids is 1. The van der Waals surface area contributed by atoms with Gasteiger partial charge in [0.1, 0.15) is 0 Å². The second-order valence-electron chi connectivity index (χ2n) is 1.88. The van der Waals surface area contributed by atoms with Crippen LogP contribution in [-0.4, -0.2) is 26.8 Å². The Bertz CT molecular complexity index is 90.3. The van der Waals surface area contributed by atoms with Crippen LogP contribution in [0.4, 0.5) is 0 Å². The van der Waals surface area contributed by atoms with E-state index < -0.39 is 0 Å². The molecule has 0 fully saturated rings. The van der Waals surface area contributed by atoms with Crippen molar-refractivity contribution >= 4 is 5.97 Å². The van der Waals surface area contributed by atoms with Crippen molar-refractivity contribution in [2.45, 2.75) is 6.92 Å². The van der Waals surface area contributed by atoms with Crippen LogP contribution >= 0.6 is 0 Å². The highest BCUT2D eigenvalue weighted by Gasteiger charge is 2.11. The number of carbonyl (C=O) groups is 1. The van der Waals surface area contributed by atoms with Crippen LogP contribution in [-0.2, 0) is 14.3 Å². The van der Waals surface area contributed by atoms with Crippen molar-refractivity contribution in [3.63, 3.8) is 0 Å². The highest BCUT2D eigenvalue weighted by Crippen LogP contribution is 1.96. The summed E-state index contributed by atoms with van der Waals surface area (Å²) in [6, 6.07) is 0. The Morgan fingerprint density at radius 1 is 1.56 bits per heavy atom. The van der Waals surface area contributed by atoms with Gasteiger partial charge in [-0.3, -0.25) is 4.79 Å². The first-order chi connectivity index (χ1) is 4.22. The predicted molar refractivity (Wildman–Crippen MR) is 33.1 cm³/mol. The molecule has 1 atom stereocenters. The number of ether oxygens (including phenoxy) is 2. The maximum absolute atomic E-state index is 10.6. The SMILES string of the molecule is COC[C@@H](C)C(=O)OC. The van der Waals surface area contributed by atoms with Crippen LogP contribution in [0, 0.1) is 5.92 Å². The fraction of sp³-hybridized carbons (Fsp3) is 0.833. The molecule has 0 saturated carbocycles. The number of hydrogen-bond donors (Lipinski definition) is 0. The van der Waals surface area contributed by atoms with E-state index in [1.54, 1.807) is 14.0 Å². The fourth-order valence-electron chi connectivity index (χ4n) is 0.519. The van der Waals surface area contributed by atoms with E-state index >= 15 is 0 Å². The van der Waals surface area contributed by atoms with E-state index in [4.69, 9.17) is 4.74 Å². The normalized spacial score (nSPS) is 12.8. The van der Waals surface area contributed by atoms with Crippen molar-refractivity contribution in [2.24, 2.45) is 5.92 Å². The highest BCUT2D eigenvalue weighted by atomic mass is 16.5. The summed E-state index contributed by atoms with van der Waals surface area (Å²) in [6.07, 6.45) is 0. The minimum atomic E-state index is -0.225. The van der Waals surface area contributed by atoms with Crippen LogP contribution in [0.15, 0.2) is 0 Å². The van der Waals surface area contributed by atoms with Gasteiger partial charge in [0.15, 0.2) is 0 Å². The lowest BCUT2D eigenvalue weighted by Gasteiger charge is -2.05. The first-order valence-corrected chi connectivity index (χ1v) is 2.79. The van der Waals surface area contributed by atoms with E-state index in [-0.39, 0.29) is 11.9 Å². The van der Waals surface area contributed by atoms with Crippen molar-refractivity contribution in [1.82, 2.24) is 0 Å². The molecule has 3 heteroatoms. The second-order valence-corrected chi connectivity index (χ2v) is 1.88. The van der Waals surface area contributed by atoms with E-state index in [0.717, 1.165) is 0 Å². The first-order valence-electron chi connectivity index (χ1n) is 2.79. The fourth-order valence-corrected chi connectivity index (χ4v) is 0.519. The molecule has 0 aromatic carbocycles. The molecule has 0 bridgehead atoms. The van der Waals surface area contributed by atoms with Gasteiger partial charge < -0.3 is 9.47 Å². The molecule has 0 aliphatic rings. The summed E-state index contributed by atoms with van der Waals surface area (Å²) >= 11 is 0. The van der Waals surface area contributed by atoms with Crippen molar-refractivity contribution in [3.05, 3.63) is 0 Å². The monoisotopic (exact) mass is 132 g/mol. The summed E-state index contributed by atoms with van der Waals surface area (Å²) < 4.78 is 9.17. The minimum absolute atomic E-state index is 0.153. The third-order valence-electron chi connectivity index (χ3n) is 1.02. The summed E-state index contributed by atoms with van der Waals surface area (Å²) in [5.74, 6) is -0.378. The molecule has 0 saturated heterocycles. The molecule has 0 radical (unpaired) electrons. The Morgan fingerprint density at radius 3 is 2.44 bits per heavy atom. The van der Waals surface area contributed by atoms with Gasteiger partial charge in [-0.1, -0.05) is 0 Å². The largest absolute Gasteiger partial charge is 0.469 e. The molecule has 0 rings (SSSR count). The van der Waals surface area contributed by atoms with Crippen molar-refractivity contribution in [1.29, 1.82) is 0 Å². The third kappa shape index (κ3) is 3.08. The Kier molecular flexibility index (Phi) is 4.05. The zero-order valence-electron chi connectivity index (χ0n) is 6.01. The molecule has 0 unspecified atom stereocenters. The highest BCUT2D eigenvalue weighted by molar-refractivity contribution is 5.71. The molecule has 0 heterocycles. The second kappa shape index (κ2) is 4.32. The van der Waals surface area contributed by atoms with Crippen LogP contribution in [0.1, 0.15) is 6.92 Å². The van der Waals surface area contributed by atoms with Gasteiger partial charge >= 0.3 is 5.97 Å². The Morgan fingerprint density at radius 2 is 2.11 bits per heavy atom. The lowest BCUT2D eigenvalue weighted by atomic mass is 10.2. The summed E-state index contributed by atoms with van der Waals surface area (Å²) in [5.41, 5.74) is 0. The molecule has 0 N–H and O–H groups in total. The summed E-state index contributed by atoms with van der Waals surface area (Å²) in [5, 5.41) is 0. The van der Waals surface area contributed by atoms with E-state index in [2.05, 4.69) is 4.74 Å². The van der Waals surface area contributed by atoms with Crippen molar-refractivity contribution in [3.8, 4) is 0 Å². The predicted octanol–water partition coefficient (Wildman–Crippen LogP) is 0.442. The van der Waals surface area contributed by atoms with Gasteiger partial charge in [0.05, 0.1) is 19.6 Å². The van der Waals surface area contributed by atoms with E-state index in [9.17, 15) is 4.79 Å². The topological polar surface area (TPSA) is 35.5 Å². The van der Waals surface area contributed by atoms with Crippen molar-refractivity contribution in [2.75, 3.05) is 20.8 Å². The minimum Gasteiger partial charge on any atom is -0.469 e. The van der Waals surface area contributed by atoms with E-state index in [1.165, 1.54) is 7.11 Å². The standard InChI is InChI=1S/C6H12O3/c1-5(4-8-2)6(7)9-3/h5H,4H2,1-3H3/t5-/m1/s1. The number of methoxy groups -OCH3 is 2. The van der Waals surface area contributed by atoms with Gasteiger partial charge in [-0.25, -0.2) is 0 Å². The number of hydrogen-bond acceptors (Lipinski definition) is 3. The van der Waals surface area contributed by atoms with Crippen LogP contribution < -0.4 is 0 Å². The van der Waals surface area contributed by atoms with Gasteiger partial charge in [0, 0.05) is 7.11 Å². The smallest absolute Gasteiger partial charge is 0.310 e. The molecular weight excluding hydrogens is 120 g/mol. The zero-order valence-corrected chi connectivity index (χ0v) is 6.01. The Labute approximate surface area is 55.0 Å². The van der Waals surface area contributed by atoms with E-state index in [0.29, 0.717) is 6.61 Å².